The molecule has 0 aliphatic carbocycles. The van der Waals surface area contributed by atoms with Gasteiger partial charge in [0.25, 0.3) is 0 Å². The minimum absolute atomic E-state index is 0.136. The first-order valence-corrected chi connectivity index (χ1v) is 8.65. The van der Waals surface area contributed by atoms with Crippen molar-refractivity contribution in [3.8, 4) is 0 Å². The molecule has 1 aromatic rings. The molecule has 1 aromatic carbocycles. The number of hydrogen-bond acceptors (Lipinski definition) is 3. The van der Waals surface area contributed by atoms with Crippen LogP contribution >= 0.6 is 15.9 Å². The van der Waals surface area contributed by atoms with Gasteiger partial charge in [0.05, 0.1) is 10.6 Å². The van der Waals surface area contributed by atoms with Crippen molar-refractivity contribution < 1.29 is 8.42 Å². The highest BCUT2D eigenvalue weighted by molar-refractivity contribution is 9.09. The predicted octanol–water partition coefficient (Wildman–Crippen LogP) is 3.45. The summed E-state index contributed by atoms with van der Waals surface area (Å²) < 4.78 is 23.3. The summed E-state index contributed by atoms with van der Waals surface area (Å²) in [4.78, 5) is 0.844. The third-order valence-electron chi connectivity index (χ3n) is 2.68. The lowest BCUT2D eigenvalue weighted by molar-refractivity contribution is 0.597. The van der Waals surface area contributed by atoms with Gasteiger partial charge in [0, 0.05) is 16.6 Å². The van der Waals surface area contributed by atoms with E-state index >= 15 is 0 Å². The van der Waals surface area contributed by atoms with Crippen LogP contribution in [0.2, 0.25) is 0 Å². The average Bonchev–Trinajstić information content (AvgIpc) is 2.28. The molecule has 0 amide bonds. The van der Waals surface area contributed by atoms with Gasteiger partial charge in [-0.25, -0.2) is 8.42 Å². The summed E-state index contributed by atoms with van der Waals surface area (Å²) in [7, 11) is -3.10. The molecule has 0 aliphatic heterocycles. The zero-order valence-electron chi connectivity index (χ0n) is 11.0. The van der Waals surface area contributed by atoms with Gasteiger partial charge in [0.1, 0.15) is 0 Å². The Labute approximate surface area is 118 Å². The lowest BCUT2D eigenvalue weighted by atomic mass is 10.2. The molecule has 102 valence electrons. The highest BCUT2D eigenvalue weighted by atomic mass is 79.9. The summed E-state index contributed by atoms with van der Waals surface area (Å²) in [6.07, 6.45) is 1.01. The molecule has 0 heterocycles. The van der Waals surface area contributed by atoms with Gasteiger partial charge in [-0.2, -0.15) is 0 Å². The second-order valence-electron chi connectivity index (χ2n) is 4.49. The summed E-state index contributed by atoms with van der Waals surface area (Å²) in [5, 5.41) is 3.35. The fraction of sp³-hybridized carbons (Fsp3) is 0.538. The van der Waals surface area contributed by atoms with Crippen LogP contribution in [-0.4, -0.2) is 25.0 Å². The minimum atomic E-state index is -3.10. The molecular formula is C13H20BrNO2S. The third kappa shape index (κ3) is 4.61. The molecule has 0 saturated heterocycles. The molecule has 1 N–H and O–H groups in total. The smallest absolute Gasteiger partial charge is 0.178 e. The predicted molar refractivity (Wildman–Crippen MR) is 80.3 cm³/mol. The van der Waals surface area contributed by atoms with Crippen LogP contribution in [0.15, 0.2) is 29.2 Å². The number of alkyl halides is 1. The van der Waals surface area contributed by atoms with Crippen molar-refractivity contribution in [1.82, 2.24) is 0 Å². The van der Waals surface area contributed by atoms with Gasteiger partial charge in [0.2, 0.25) is 0 Å². The molecule has 0 saturated carbocycles. The standard InChI is InChI=1S/C13H20BrNO2S/c1-4-18(16,17)13-7-5-12(6-8-13)15-11(3)9-10(2)14/h5-8,10-11,15H,4,9H2,1-3H3. The van der Waals surface area contributed by atoms with E-state index in [1.54, 1.807) is 19.1 Å². The normalized spacial score (nSPS) is 15.1. The van der Waals surface area contributed by atoms with E-state index in [9.17, 15) is 8.42 Å². The van der Waals surface area contributed by atoms with Crippen molar-refractivity contribution in [1.29, 1.82) is 0 Å². The van der Waals surface area contributed by atoms with Crippen LogP contribution in [0.3, 0.4) is 0 Å². The van der Waals surface area contributed by atoms with Crippen LogP contribution in [-0.2, 0) is 9.84 Å². The summed E-state index contributed by atoms with van der Waals surface area (Å²) >= 11 is 3.52. The van der Waals surface area contributed by atoms with Crippen molar-refractivity contribution in [2.45, 2.75) is 43.0 Å². The number of benzene rings is 1. The van der Waals surface area contributed by atoms with Gasteiger partial charge in [-0.15, -0.1) is 0 Å². The van der Waals surface area contributed by atoms with Gasteiger partial charge >= 0.3 is 0 Å². The summed E-state index contributed by atoms with van der Waals surface area (Å²) in [6.45, 7) is 5.87. The zero-order valence-corrected chi connectivity index (χ0v) is 13.4. The van der Waals surface area contributed by atoms with Crippen LogP contribution in [0.25, 0.3) is 0 Å². The SMILES string of the molecule is CCS(=O)(=O)c1ccc(NC(C)CC(C)Br)cc1. The molecule has 18 heavy (non-hydrogen) atoms. The molecule has 0 radical (unpaired) electrons. The van der Waals surface area contributed by atoms with E-state index in [2.05, 4.69) is 35.1 Å². The molecule has 1 rings (SSSR count). The molecule has 0 fully saturated rings. The maximum Gasteiger partial charge on any atom is 0.178 e. The van der Waals surface area contributed by atoms with Crippen molar-refractivity contribution in [3.63, 3.8) is 0 Å². The van der Waals surface area contributed by atoms with Crippen molar-refractivity contribution in [2.24, 2.45) is 0 Å². The lowest BCUT2D eigenvalue weighted by Gasteiger charge is -2.16. The maximum atomic E-state index is 11.7. The van der Waals surface area contributed by atoms with E-state index in [1.807, 2.05) is 12.1 Å². The Hall–Kier alpha value is -0.550. The first-order valence-electron chi connectivity index (χ1n) is 6.08. The van der Waals surface area contributed by atoms with E-state index in [1.165, 1.54) is 0 Å². The summed E-state index contributed by atoms with van der Waals surface area (Å²) in [5.74, 6) is 0.136. The van der Waals surface area contributed by atoms with Crippen LogP contribution in [0.5, 0.6) is 0 Å². The van der Waals surface area contributed by atoms with Gasteiger partial charge < -0.3 is 5.32 Å². The minimum Gasteiger partial charge on any atom is -0.383 e. The molecule has 5 heteroatoms. The molecule has 3 nitrogen and oxygen atoms in total. The van der Waals surface area contributed by atoms with Crippen molar-refractivity contribution in [3.05, 3.63) is 24.3 Å². The Bertz CT molecular complexity index is 468. The van der Waals surface area contributed by atoms with Crippen LogP contribution in [0.4, 0.5) is 5.69 Å². The molecule has 0 aliphatic rings. The van der Waals surface area contributed by atoms with Crippen LogP contribution in [0.1, 0.15) is 27.2 Å². The Morgan fingerprint density at radius 2 is 1.78 bits per heavy atom. The lowest BCUT2D eigenvalue weighted by Crippen LogP contribution is -2.18. The highest BCUT2D eigenvalue weighted by Crippen LogP contribution is 2.17. The largest absolute Gasteiger partial charge is 0.383 e. The Balaban J connectivity index is 2.72. The number of rotatable bonds is 6. The number of hydrogen-bond donors (Lipinski definition) is 1. The van der Waals surface area contributed by atoms with E-state index < -0.39 is 9.84 Å². The van der Waals surface area contributed by atoms with Crippen molar-refractivity contribution >= 4 is 31.5 Å². The monoisotopic (exact) mass is 333 g/mol. The molecule has 2 atom stereocenters. The number of halogens is 1. The first-order chi connectivity index (χ1) is 8.35. The number of anilines is 1. The van der Waals surface area contributed by atoms with Crippen molar-refractivity contribution in [2.75, 3.05) is 11.1 Å². The Kier molecular flexibility index (Phi) is 5.66. The van der Waals surface area contributed by atoms with E-state index in [0.29, 0.717) is 15.8 Å². The van der Waals surface area contributed by atoms with Gasteiger partial charge in [-0.3, -0.25) is 0 Å². The van der Waals surface area contributed by atoms with Gasteiger partial charge in [-0.05, 0) is 37.6 Å². The number of nitrogens with one attached hydrogen (secondary N) is 1. The second-order valence-corrected chi connectivity index (χ2v) is 8.33. The fourth-order valence-electron chi connectivity index (χ4n) is 1.76. The number of sulfone groups is 1. The first kappa shape index (κ1) is 15.5. The molecular weight excluding hydrogens is 314 g/mol. The maximum absolute atomic E-state index is 11.7. The summed E-state index contributed by atoms with van der Waals surface area (Å²) in [5.41, 5.74) is 0.950. The molecule has 0 aromatic heterocycles. The molecule has 2 unspecified atom stereocenters. The van der Waals surface area contributed by atoms with Crippen LogP contribution < -0.4 is 5.32 Å². The van der Waals surface area contributed by atoms with Gasteiger partial charge in [0.15, 0.2) is 9.84 Å². The van der Waals surface area contributed by atoms with E-state index in [4.69, 9.17) is 0 Å². The molecule has 0 spiro atoms. The fourth-order valence-corrected chi connectivity index (χ4v) is 3.20. The third-order valence-corrected chi connectivity index (χ3v) is 4.81. The highest BCUT2D eigenvalue weighted by Gasteiger charge is 2.11. The zero-order chi connectivity index (χ0) is 13.8. The van der Waals surface area contributed by atoms with Crippen LogP contribution in [0, 0.1) is 0 Å². The van der Waals surface area contributed by atoms with Gasteiger partial charge in [-0.1, -0.05) is 29.8 Å². The average molecular weight is 334 g/mol. The Morgan fingerprint density at radius 1 is 1.22 bits per heavy atom. The second kappa shape index (κ2) is 6.57. The quantitative estimate of drug-likeness (QED) is 0.811. The van der Waals surface area contributed by atoms with E-state index in [-0.39, 0.29) is 5.75 Å². The Morgan fingerprint density at radius 3 is 2.22 bits per heavy atom. The van der Waals surface area contributed by atoms with E-state index in [0.717, 1.165) is 12.1 Å². The topological polar surface area (TPSA) is 46.2 Å². The molecule has 0 bridgehead atoms. The summed E-state index contributed by atoms with van der Waals surface area (Å²) in [6, 6.07) is 7.29.